The molecule has 0 spiro atoms. The van der Waals surface area contributed by atoms with E-state index in [9.17, 15) is 4.79 Å². The molecule has 1 aliphatic carbocycles. The summed E-state index contributed by atoms with van der Waals surface area (Å²) >= 11 is 0. The van der Waals surface area contributed by atoms with Crippen molar-refractivity contribution in [2.45, 2.75) is 52.0 Å². The van der Waals surface area contributed by atoms with Gasteiger partial charge in [0.25, 0.3) is 5.91 Å². The molecule has 2 heteroatoms. The van der Waals surface area contributed by atoms with Gasteiger partial charge in [0.1, 0.15) is 0 Å². The number of hydrogen-bond acceptors (Lipinski definition) is 1. The molecule has 1 aliphatic rings. The Balaban J connectivity index is 2.19. The average molecular weight is 257 g/mol. The van der Waals surface area contributed by atoms with Crippen molar-refractivity contribution in [3.8, 4) is 0 Å². The Labute approximate surface area is 115 Å². The molecule has 0 aromatic heterocycles. The first-order chi connectivity index (χ1) is 8.96. The second-order valence-electron chi connectivity index (χ2n) is 6.26. The molecule has 19 heavy (non-hydrogen) atoms. The van der Waals surface area contributed by atoms with Crippen molar-refractivity contribution in [1.82, 2.24) is 5.32 Å². The molecule has 1 N–H and O–H groups in total. The average Bonchev–Trinajstić information content (AvgIpc) is 2.38. The Morgan fingerprint density at radius 1 is 1.21 bits per heavy atom. The Bertz CT molecular complexity index is 494. The predicted octanol–water partition coefficient (Wildman–Crippen LogP) is 4.17. The van der Waals surface area contributed by atoms with Crippen molar-refractivity contribution < 1.29 is 4.79 Å². The van der Waals surface area contributed by atoms with E-state index in [1.54, 1.807) is 0 Å². The molecule has 1 aromatic rings. The zero-order valence-corrected chi connectivity index (χ0v) is 12.1. The lowest BCUT2D eigenvalue weighted by molar-refractivity contribution is 0.0919. The van der Waals surface area contributed by atoms with Crippen LogP contribution in [0.4, 0.5) is 0 Å². The Kier molecular flexibility index (Phi) is 4.08. The van der Waals surface area contributed by atoms with Gasteiger partial charge < -0.3 is 5.32 Å². The molecular weight excluding hydrogens is 234 g/mol. The number of rotatable bonds is 2. The summed E-state index contributed by atoms with van der Waals surface area (Å²) in [6.07, 6.45) is 7.14. The topological polar surface area (TPSA) is 29.1 Å². The number of benzene rings is 1. The number of allylic oxidation sites excluding steroid dienone is 2. The van der Waals surface area contributed by atoms with E-state index < -0.39 is 0 Å². The van der Waals surface area contributed by atoms with Gasteiger partial charge in [-0.05, 0) is 69.7 Å². The fraction of sp³-hybridized carbons (Fsp3) is 0.471. The van der Waals surface area contributed by atoms with Gasteiger partial charge in [-0.2, -0.15) is 0 Å². The predicted molar refractivity (Wildman–Crippen MR) is 80.1 cm³/mol. The van der Waals surface area contributed by atoms with Crippen LogP contribution >= 0.6 is 0 Å². The van der Waals surface area contributed by atoms with Crippen LogP contribution in [0.1, 0.15) is 62.4 Å². The fourth-order valence-electron chi connectivity index (χ4n) is 2.37. The van der Waals surface area contributed by atoms with Crippen molar-refractivity contribution in [2.75, 3.05) is 0 Å². The van der Waals surface area contributed by atoms with Crippen LogP contribution in [0.3, 0.4) is 0 Å². The summed E-state index contributed by atoms with van der Waals surface area (Å²) in [6.45, 7) is 6.00. The second-order valence-corrected chi connectivity index (χ2v) is 6.26. The first kappa shape index (κ1) is 13.9. The van der Waals surface area contributed by atoms with Crippen LogP contribution < -0.4 is 5.32 Å². The highest BCUT2D eigenvalue weighted by Crippen LogP contribution is 2.27. The molecule has 0 heterocycles. The molecular formula is C17H23NO. The van der Waals surface area contributed by atoms with Gasteiger partial charge >= 0.3 is 0 Å². The summed E-state index contributed by atoms with van der Waals surface area (Å²) in [6, 6.07) is 7.97. The molecule has 1 aromatic carbocycles. The van der Waals surface area contributed by atoms with E-state index >= 15 is 0 Å². The summed E-state index contributed by atoms with van der Waals surface area (Å²) in [5.41, 5.74) is 3.13. The van der Waals surface area contributed by atoms with Crippen LogP contribution in [0, 0.1) is 0 Å². The van der Waals surface area contributed by atoms with Crippen LogP contribution in [0.2, 0.25) is 0 Å². The second kappa shape index (κ2) is 5.60. The molecule has 0 saturated carbocycles. The quantitative estimate of drug-likeness (QED) is 0.846. The standard InChI is InChI=1S/C17H23NO/c1-17(2,3)18-16(19)15-11-7-10-14(12-15)13-8-5-4-6-9-13/h7-8,10-12H,4-6,9H2,1-3H3,(H,18,19). The summed E-state index contributed by atoms with van der Waals surface area (Å²) in [5.74, 6) is 0.00533. The molecule has 0 saturated heterocycles. The van der Waals surface area contributed by atoms with Crippen LogP contribution in [-0.4, -0.2) is 11.4 Å². The highest BCUT2D eigenvalue weighted by Gasteiger charge is 2.16. The summed E-state index contributed by atoms with van der Waals surface area (Å²) in [4.78, 5) is 12.2. The van der Waals surface area contributed by atoms with Gasteiger partial charge in [0.15, 0.2) is 0 Å². The zero-order valence-electron chi connectivity index (χ0n) is 12.1. The largest absolute Gasteiger partial charge is 0.347 e. The Morgan fingerprint density at radius 3 is 2.63 bits per heavy atom. The normalized spacial score (nSPS) is 15.8. The molecule has 2 rings (SSSR count). The third-order valence-electron chi connectivity index (χ3n) is 3.28. The van der Waals surface area contributed by atoms with E-state index in [0.717, 1.165) is 18.4 Å². The monoisotopic (exact) mass is 257 g/mol. The summed E-state index contributed by atoms with van der Waals surface area (Å²) in [5, 5.41) is 3.01. The lowest BCUT2D eigenvalue weighted by atomic mass is 9.92. The first-order valence-corrected chi connectivity index (χ1v) is 7.08. The summed E-state index contributed by atoms with van der Waals surface area (Å²) in [7, 11) is 0. The maximum Gasteiger partial charge on any atom is 0.251 e. The lowest BCUT2D eigenvalue weighted by Gasteiger charge is -2.21. The number of amides is 1. The minimum Gasteiger partial charge on any atom is -0.347 e. The molecule has 1 amide bonds. The minimum atomic E-state index is -0.197. The van der Waals surface area contributed by atoms with E-state index in [1.165, 1.54) is 24.0 Å². The number of nitrogens with one attached hydrogen (secondary N) is 1. The van der Waals surface area contributed by atoms with Crippen LogP contribution in [-0.2, 0) is 0 Å². The zero-order chi connectivity index (χ0) is 13.9. The van der Waals surface area contributed by atoms with Gasteiger partial charge in [-0.1, -0.05) is 18.2 Å². The number of hydrogen-bond donors (Lipinski definition) is 1. The highest BCUT2D eigenvalue weighted by molar-refractivity contribution is 5.95. The maximum atomic E-state index is 12.2. The smallest absolute Gasteiger partial charge is 0.251 e. The molecule has 0 unspecified atom stereocenters. The summed E-state index contributed by atoms with van der Waals surface area (Å²) < 4.78 is 0. The molecule has 0 bridgehead atoms. The molecule has 0 radical (unpaired) electrons. The van der Waals surface area contributed by atoms with Crippen LogP contribution in [0.15, 0.2) is 30.3 Å². The minimum absolute atomic E-state index is 0.00533. The van der Waals surface area contributed by atoms with Gasteiger partial charge in [0, 0.05) is 11.1 Å². The van der Waals surface area contributed by atoms with Crippen molar-refractivity contribution in [3.63, 3.8) is 0 Å². The van der Waals surface area contributed by atoms with E-state index in [2.05, 4.69) is 17.5 Å². The van der Waals surface area contributed by atoms with Gasteiger partial charge in [0.05, 0.1) is 0 Å². The lowest BCUT2D eigenvalue weighted by Crippen LogP contribution is -2.40. The first-order valence-electron chi connectivity index (χ1n) is 7.08. The third-order valence-corrected chi connectivity index (χ3v) is 3.28. The van der Waals surface area contributed by atoms with Crippen molar-refractivity contribution in [2.24, 2.45) is 0 Å². The highest BCUT2D eigenvalue weighted by atomic mass is 16.1. The van der Waals surface area contributed by atoms with Crippen LogP contribution in [0.5, 0.6) is 0 Å². The Morgan fingerprint density at radius 2 is 2.00 bits per heavy atom. The van der Waals surface area contributed by atoms with E-state index in [-0.39, 0.29) is 11.4 Å². The number of carbonyl (C=O) groups excluding carboxylic acids is 1. The van der Waals surface area contributed by atoms with Gasteiger partial charge in [-0.15, -0.1) is 0 Å². The van der Waals surface area contributed by atoms with Gasteiger partial charge in [0.2, 0.25) is 0 Å². The van der Waals surface area contributed by atoms with E-state index in [4.69, 9.17) is 0 Å². The molecule has 102 valence electrons. The van der Waals surface area contributed by atoms with Gasteiger partial charge in [-0.3, -0.25) is 4.79 Å². The fourth-order valence-corrected chi connectivity index (χ4v) is 2.37. The van der Waals surface area contributed by atoms with Crippen molar-refractivity contribution in [1.29, 1.82) is 0 Å². The van der Waals surface area contributed by atoms with E-state index in [0.29, 0.717) is 0 Å². The third kappa shape index (κ3) is 3.95. The van der Waals surface area contributed by atoms with Crippen molar-refractivity contribution in [3.05, 3.63) is 41.5 Å². The van der Waals surface area contributed by atoms with Gasteiger partial charge in [-0.25, -0.2) is 0 Å². The van der Waals surface area contributed by atoms with Crippen molar-refractivity contribution >= 4 is 11.5 Å². The SMILES string of the molecule is CC(C)(C)NC(=O)c1cccc(C2=CCCCC2)c1. The maximum absolute atomic E-state index is 12.2. The molecule has 0 aliphatic heterocycles. The molecule has 2 nitrogen and oxygen atoms in total. The Hall–Kier alpha value is -1.57. The van der Waals surface area contributed by atoms with E-state index in [1.807, 2.05) is 39.0 Å². The number of carbonyl (C=O) groups is 1. The van der Waals surface area contributed by atoms with Crippen LogP contribution in [0.25, 0.3) is 5.57 Å². The molecule has 0 atom stereocenters. The molecule has 0 fully saturated rings.